The van der Waals surface area contributed by atoms with Gasteiger partial charge in [-0.25, -0.2) is 15.0 Å². The monoisotopic (exact) mass is 498 g/mol. The third-order valence-corrected chi connectivity index (χ3v) is 7.26. The number of carbonyl (C=O) groups is 1. The van der Waals surface area contributed by atoms with Gasteiger partial charge in [-0.1, -0.05) is 37.3 Å². The summed E-state index contributed by atoms with van der Waals surface area (Å²) in [5.74, 6) is 1.80. The minimum Gasteiger partial charge on any atom is -0.341 e. The van der Waals surface area contributed by atoms with Gasteiger partial charge in [-0.2, -0.15) is 0 Å². The fraction of sp³-hybridized carbons (Fsp3) is 0.440. The number of nitrogens with one attached hydrogen (secondary N) is 2. The van der Waals surface area contributed by atoms with Gasteiger partial charge < -0.3 is 15.5 Å². The van der Waals surface area contributed by atoms with E-state index in [1.54, 1.807) is 29.3 Å². The average Bonchev–Trinajstić information content (AvgIpc) is 3.34. The van der Waals surface area contributed by atoms with Crippen LogP contribution >= 0.6 is 23.1 Å². The summed E-state index contributed by atoms with van der Waals surface area (Å²) in [6.07, 6.45) is 14.0. The molecule has 2 N–H and O–H groups in total. The van der Waals surface area contributed by atoms with E-state index in [0.717, 1.165) is 58.0 Å². The lowest BCUT2D eigenvalue weighted by atomic mass is 10.2. The van der Waals surface area contributed by atoms with Crippen LogP contribution in [0.1, 0.15) is 44.4 Å². The standard InChI is InChI=1S/C25H34N6OS2/c1-4-6-14-33-23-10-12-27-24(30-23)29-20(9-5-2)15-19(3)22-17-28-25(34-22)31-13-8-7-11-26-16-21(32)18-31/h5,9-10,12,15,17,26H,3-4,6-8,11,13-14,16,18H2,1-2H3,(H,27,29,30)/b9-5+,20-15+. The maximum absolute atomic E-state index is 12.2. The average molecular weight is 499 g/mol. The van der Waals surface area contributed by atoms with Crippen molar-refractivity contribution in [3.8, 4) is 0 Å². The highest BCUT2D eigenvalue weighted by atomic mass is 32.2. The molecular weight excluding hydrogens is 464 g/mol. The molecule has 0 amide bonds. The molecule has 9 heteroatoms. The van der Waals surface area contributed by atoms with Crippen molar-refractivity contribution < 1.29 is 4.79 Å². The number of allylic oxidation sites excluding steroid dienone is 4. The van der Waals surface area contributed by atoms with E-state index in [9.17, 15) is 4.79 Å². The Kier molecular flexibility index (Phi) is 10.8. The van der Waals surface area contributed by atoms with E-state index in [1.807, 2.05) is 37.4 Å². The molecule has 0 unspecified atom stereocenters. The molecule has 0 atom stereocenters. The Labute approximate surface area is 210 Å². The molecule has 3 heterocycles. The molecule has 7 nitrogen and oxygen atoms in total. The molecule has 182 valence electrons. The molecule has 3 rings (SSSR count). The number of ketones is 1. The number of thioether (sulfide) groups is 1. The molecule has 0 spiro atoms. The first-order valence-electron chi connectivity index (χ1n) is 11.8. The van der Waals surface area contributed by atoms with Gasteiger partial charge in [0.25, 0.3) is 0 Å². The quantitative estimate of drug-likeness (QED) is 0.201. The lowest BCUT2D eigenvalue weighted by Crippen LogP contribution is -2.34. The molecular formula is C25H34N6OS2. The molecule has 0 bridgehead atoms. The maximum Gasteiger partial charge on any atom is 0.228 e. The van der Waals surface area contributed by atoms with Crippen LogP contribution in [0.15, 0.2) is 54.0 Å². The summed E-state index contributed by atoms with van der Waals surface area (Å²) < 4.78 is 0. The number of nitrogens with zero attached hydrogens (tertiary/aromatic N) is 4. The Bertz CT molecular complexity index is 1020. The van der Waals surface area contributed by atoms with Crippen LogP contribution in [0.4, 0.5) is 11.1 Å². The van der Waals surface area contributed by atoms with E-state index in [-0.39, 0.29) is 5.78 Å². The van der Waals surface area contributed by atoms with Crippen molar-refractivity contribution in [3.63, 3.8) is 0 Å². The number of unbranched alkanes of at least 4 members (excludes halogenated alkanes) is 1. The van der Waals surface area contributed by atoms with Crippen molar-refractivity contribution in [2.24, 2.45) is 0 Å². The highest BCUT2D eigenvalue weighted by Gasteiger charge is 2.17. The first kappa shape index (κ1) is 26.1. The smallest absolute Gasteiger partial charge is 0.228 e. The van der Waals surface area contributed by atoms with E-state index < -0.39 is 0 Å². The molecule has 0 saturated carbocycles. The zero-order valence-corrected chi connectivity index (χ0v) is 21.7. The Morgan fingerprint density at radius 3 is 3.09 bits per heavy atom. The number of Topliss-reactive ketones (excluding diaryl/α,β-unsaturated/α-hetero) is 1. The summed E-state index contributed by atoms with van der Waals surface area (Å²) in [6, 6.07) is 1.94. The van der Waals surface area contributed by atoms with E-state index in [1.165, 1.54) is 12.8 Å². The third-order valence-electron chi connectivity index (χ3n) is 5.11. The molecule has 1 saturated heterocycles. The van der Waals surface area contributed by atoms with E-state index in [2.05, 4.69) is 44.0 Å². The maximum atomic E-state index is 12.2. The summed E-state index contributed by atoms with van der Waals surface area (Å²) >= 11 is 3.31. The Morgan fingerprint density at radius 1 is 1.38 bits per heavy atom. The van der Waals surface area contributed by atoms with E-state index >= 15 is 0 Å². The number of hydrogen-bond donors (Lipinski definition) is 2. The summed E-state index contributed by atoms with van der Waals surface area (Å²) in [6.45, 7) is 10.9. The van der Waals surface area contributed by atoms with Crippen molar-refractivity contribution in [2.75, 3.05) is 42.1 Å². The Balaban J connectivity index is 1.70. The van der Waals surface area contributed by atoms with Gasteiger partial charge >= 0.3 is 0 Å². The normalized spacial score (nSPS) is 15.8. The second kappa shape index (κ2) is 14.0. The summed E-state index contributed by atoms with van der Waals surface area (Å²) in [4.78, 5) is 28.9. The van der Waals surface area contributed by atoms with Crippen molar-refractivity contribution in [1.82, 2.24) is 20.3 Å². The first-order valence-corrected chi connectivity index (χ1v) is 13.6. The molecule has 2 aromatic rings. The van der Waals surface area contributed by atoms with Gasteiger partial charge in [0.05, 0.1) is 18.0 Å². The van der Waals surface area contributed by atoms with Crippen molar-refractivity contribution in [2.45, 2.75) is 44.6 Å². The summed E-state index contributed by atoms with van der Waals surface area (Å²) in [7, 11) is 0. The second-order valence-electron chi connectivity index (χ2n) is 8.02. The van der Waals surface area contributed by atoms with Crippen LogP contribution in [0, 0.1) is 0 Å². The second-order valence-corrected chi connectivity index (χ2v) is 10.1. The number of aromatic nitrogens is 3. The predicted molar refractivity (Wildman–Crippen MR) is 145 cm³/mol. The van der Waals surface area contributed by atoms with E-state index in [0.29, 0.717) is 19.0 Å². The minimum atomic E-state index is 0.187. The molecule has 0 aromatic carbocycles. The number of anilines is 2. The van der Waals surface area contributed by atoms with Gasteiger partial charge in [0.15, 0.2) is 10.9 Å². The van der Waals surface area contributed by atoms with Crippen LogP contribution in [-0.2, 0) is 4.79 Å². The summed E-state index contributed by atoms with van der Waals surface area (Å²) in [5.41, 5.74) is 1.69. The highest BCUT2D eigenvalue weighted by molar-refractivity contribution is 7.99. The van der Waals surface area contributed by atoms with Crippen LogP contribution in [0.2, 0.25) is 0 Å². The van der Waals surface area contributed by atoms with Crippen LogP contribution in [0.3, 0.4) is 0 Å². The van der Waals surface area contributed by atoms with Crippen molar-refractivity contribution >= 4 is 45.5 Å². The third kappa shape index (κ3) is 8.38. The van der Waals surface area contributed by atoms with Crippen LogP contribution < -0.4 is 15.5 Å². The number of hydrogen-bond acceptors (Lipinski definition) is 9. The van der Waals surface area contributed by atoms with Crippen LogP contribution in [0.5, 0.6) is 0 Å². The molecule has 2 aromatic heterocycles. The van der Waals surface area contributed by atoms with Gasteiger partial charge in [0.1, 0.15) is 5.03 Å². The van der Waals surface area contributed by atoms with Crippen molar-refractivity contribution in [3.05, 3.63) is 53.8 Å². The number of carbonyl (C=O) groups excluding carboxylic acids is 1. The topological polar surface area (TPSA) is 83.0 Å². The van der Waals surface area contributed by atoms with Gasteiger partial charge in [0, 0.05) is 24.6 Å². The fourth-order valence-electron chi connectivity index (χ4n) is 3.35. The Morgan fingerprint density at radius 2 is 2.26 bits per heavy atom. The largest absolute Gasteiger partial charge is 0.341 e. The number of thiazole rings is 1. The zero-order valence-electron chi connectivity index (χ0n) is 20.0. The highest BCUT2D eigenvalue weighted by Crippen LogP contribution is 2.29. The summed E-state index contributed by atoms with van der Waals surface area (Å²) in [5, 5.41) is 8.34. The molecule has 34 heavy (non-hydrogen) atoms. The molecule has 0 radical (unpaired) electrons. The van der Waals surface area contributed by atoms with E-state index in [4.69, 9.17) is 0 Å². The Hall–Kier alpha value is -2.49. The lowest BCUT2D eigenvalue weighted by molar-refractivity contribution is -0.116. The van der Waals surface area contributed by atoms with Crippen LogP contribution in [0.25, 0.3) is 5.57 Å². The number of rotatable bonds is 10. The first-order chi connectivity index (χ1) is 16.6. The van der Waals surface area contributed by atoms with Gasteiger partial charge in [0.2, 0.25) is 5.95 Å². The zero-order chi connectivity index (χ0) is 24.2. The van der Waals surface area contributed by atoms with Crippen LogP contribution in [-0.4, -0.2) is 52.7 Å². The predicted octanol–water partition coefficient (Wildman–Crippen LogP) is 5.17. The van der Waals surface area contributed by atoms with Gasteiger partial charge in [-0.05, 0) is 62.3 Å². The molecule has 1 aliphatic heterocycles. The lowest BCUT2D eigenvalue weighted by Gasteiger charge is -2.19. The van der Waals surface area contributed by atoms with Gasteiger partial charge in [-0.15, -0.1) is 11.8 Å². The molecule has 1 aliphatic rings. The van der Waals surface area contributed by atoms with Gasteiger partial charge in [-0.3, -0.25) is 4.79 Å². The van der Waals surface area contributed by atoms with Crippen molar-refractivity contribution in [1.29, 1.82) is 0 Å². The minimum absolute atomic E-state index is 0.187. The SMILES string of the molecule is C=C(/C=C(\C=C\C)Nc1nccc(SCCCC)n1)c1cnc(N2CCCCNCC(=O)C2)s1. The molecule has 1 fully saturated rings. The fourth-order valence-corrected chi connectivity index (χ4v) is 5.18. The molecule has 0 aliphatic carbocycles.